The summed E-state index contributed by atoms with van der Waals surface area (Å²) in [5, 5.41) is 0.322. The molecule has 0 spiro atoms. The zero-order valence-corrected chi connectivity index (χ0v) is 13.1. The first-order valence-electron chi connectivity index (χ1n) is 5.47. The van der Waals surface area contributed by atoms with Crippen molar-refractivity contribution in [1.29, 1.82) is 0 Å². The number of benzene rings is 2. The minimum absolute atomic E-state index is 0.0114. The molecule has 2 nitrogen and oxygen atoms in total. The van der Waals surface area contributed by atoms with Crippen LogP contribution >= 0.6 is 34.2 Å². The maximum Gasteiger partial charge on any atom is 0.200 e. The van der Waals surface area contributed by atoms with Gasteiger partial charge in [-0.15, -0.1) is 0 Å². The number of hydrogen-bond acceptors (Lipinski definition) is 2. The van der Waals surface area contributed by atoms with E-state index in [1.165, 1.54) is 13.2 Å². The van der Waals surface area contributed by atoms with E-state index in [0.29, 0.717) is 8.59 Å². The fraction of sp³-hybridized carbons (Fsp3) is 0.0714. The average molecular weight is 409 g/mol. The van der Waals surface area contributed by atoms with Crippen LogP contribution in [0.5, 0.6) is 5.75 Å². The van der Waals surface area contributed by atoms with Crippen molar-refractivity contribution >= 4 is 40.0 Å². The van der Waals surface area contributed by atoms with Crippen molar-refractivity contribution < 1.29 is 18.3 Å². The Hall–Kier alpha value is -1.21. The lowest BCUT2D eigenvalue weighted by Gasteiger charge is -2.08. The van der Waals surface area contributed by atoms with Crippen molar-refractivity contribution in [3.63, 3.8) is 0 Å². The van der Waals surface area contributed by atoms with Crippen LogP contribution in [0.3, 0.4) is 0 Å². The van der Waals surface area contributed by atoms with Crippen LogP contribution in [0.1, 0.15) is 15.9 Å². The van der Waals surface area contributed by atoms with Crippen molar-refractivity contribution in [2.75, 3.05) is 7.11 Å². The molecule has 6 heteroatoms. The van der Waals surface area contributed by atoms with Crippen molar-refractivity contribution in [2.45, 2.75) is 0 Å². The van der Waals surface area contributed by atoms with Gasteiger partial charge in [-0.25, -0.2) is 8.78 Å². The molecule has 0 fully saturated rings. The summed E-state index contributed by atoms with van der Waals surface area (Å²) in [6.45, 7) is 0. The summed E-state index contributed by atoms with van der Waals surface area (Å²) < 4.78 is 33.1. The first-order chi connectivity index (χ1) is 9.43. The molecule has 0 aliphatic rings. The summed E-state index contributed by atoms with van der Waals surface area (Å²) in [5.41, 5.74) is -0.466. The first-order valence-corrected chi connectivity index (χ1v) is 6.92. The Balaban J connectivity index is 2.56. The lowest BCUT2D eigenvalue weighted by molar-refractivity contribution is 0.103. The number of carbonyl (C=O) groups excluding carboxylic acids is 1. The highest BCUT2D eigenvalue weighted by Gasteiger charge is 2.22. The van der Waals surface area contributed by atoms with Crippen LogP contribution in [0.2, 0.25) is 5.02 Å². The Labute approximate surface area is 132 Å². The summed E-state index contributed by atoms with van der Waals surface area (Å²) >= 11 is 7.72. The second-order valence-corrected chi connectivity index (χ2v) is 5.52. The largest absolute Gasteiger partial charge is 0.497 e. The molecule has 0 aliphatic heterocycles. The van der Waals surface area contributed by atoms with E-state index in [-0.39, 0.29) is 11.3 Å². The molecule has 0 aromatic heterocycles. The molecule has 0 saturated carbocycles. The van der Waals surface area contributed by atoms with Gasteiger partial charge in [-0.05, 0) is 40.8 Å². The van der Waals surface area contributed by atoms with Crippen LogP contribution in [0.15, 0.2) is 30.3 Å². The SMILES string of the molecule is COc1cc(F)c(C(=O)c2cc(Cl)ccc2I)c(F)c1. The fourth-order valence-corrected chi connectivity index (χ4v) is 2.44. The number of hydrogen-bond donors (Lipinski definition) is 0. The predicted octanol–water partition coefficient (Wildman–Crippen LogP) is 4.46. The average Bonchev–Trinajstić information content (AvgIpc) is 2.40. The van der Waals surface area contributed by atoms with Crippen LogP contribution < -0.4 is 4.74 Å². The van der Waals surface area contributed by atoms with E-state index >= 15 is 0 Å². The number of rotatable bonds is 3. The van der Waals surface area contributed by atoms with E-state index in [0.717, 1.165) is 12.1 Å². The maximum atomic E-state index is 13.9. The molecule has 0 saturated heterocycles. The van der Waals surface area contributed by atoms with Crippen molar-refractivity contribution in [1.82, 2.24) is 0 Å². The molecule has 0 N–H and O–H groups in total. The zero-order valence-electron chi connectivity index (χ0n) is 10.2. The van der Waals surface area contributed by atoms with Gasteiger partial charge in [0.05, 0.1) is 12.7 Å². The molecule has 0 atom stereocenters. The van der Waals surface area contributed by atoms with E-state index in [2.05, 4.69) is 0 Å². The van der Waals surface area contributed by atoms with Gasteiger partial charge in [-0.3, -0.25) is 4.79 Å². The Kier molecular flexibility index (Phi) is 4.59. The summed E-state index contributed by atoms with van der Waals surface area (Å²) in [6.07, 6.45) is 0. The third-order valence-corrected chi connectivity index (χ3v) is 3.83. The van der Waals surface area contributed by atoms with Crippen molar-refractivity contribution in [3.05, 3.63) is 61.7 Å². The molecule has 2 aromatic carbocycles. The topological polar surface area (TPSA) is 26.3 Å². The normalized spacial score (nSPS) is 10.4. The van der Waals surface area contributed by atoms with E-state index in [4.69, 9.17) is 16.3 Å². The van der Waals surface area contributed by atoms with E-state index in [1.54, 1.807) is 12.1 Å². The molecule has 2 aromatic rings. The van der Waals surface area contributed by atoms with Gasteiger partial charge in [0.1, 0.15) is 17.4 Å². The molecular formula is C14H8ClF2IO2. The van der Waals surface area contributed by atoms with Crippen molar-refractivity contribution in [2.24, 2.45) is 0 Å². The number of halogens is 4. The standard InChI is InChI=1S/C14H8ClF2IO2/c1-20-8-5-10(16)13(11(17)6-8)14(19)9-4-7(15)2-3-12(9)18/h2-6H,1H3. The van der Waals surface area contributed by atoms with Crippen LogP contribution in [0.25, 0.3) is 0 Å². The summed E-state index contributed by atoms with van der Waals surface area (Å²) in [4.78, 5) is 12.3. The van der Waals surface area contributed by atoms with Gasteiger partial charge >= 0.3 is 0 Å². The monoisotopic (exact) mass is 408 g/mol. The molecule has 0 amide bonds. The summed E-state index contributed by atoms with van der Waals surface area (Å²) in [5.74, 6) is -2.68. The molecule has 0 aliphatic carbocycles. The first kappa shape index (κ1) is 15.2. The van der Waals surface area contributed by atoms with E-state index in [9.17, 15) is 13.6 Å². The summed E-state index contributed by atoms with van der Waals surface area (Å²) in [6, 6.07) is 6.52. The highest BCUT2D eigenvalue weighted by atomic mass is 127. The smallest absolute Gasteiger partial charge is 0.200 e. The van der Waals surface area contributed by atoms with E-state index in [1.807, 2.05) is 22.6 Å². The molecule has 0 heterocycles. The second kappa shape index (κ2) is 6.05. The summed E-state index contributed by atoms with van der Waals surface area (Å²) in [7, 11) is 1.29. The molecule has 104 valence electrons. The molecular weight excluding hydrogens is 401 g/mol. The Morgan fingerprint density at radius 3 is 2.35 bits per heavy atom. The fourth-order valence-electron chi connectivity index (χ4n) is 1.69. The highest BCUT2D eigenvalue weighted by molar-refractivity contribution is 14.1. The second-order valence-electron chi connectivity index (χ2n) is 3.92. The number of ketones is 1. The third kappa shape index (κ3) is 2.93. The molecule has 20 heavy (non-hydrogen) atoms. The lowest BCUT2D eigenvalue weighted by Crippen LogP contribution is -2.09. The number of carbonyl (C=O) groups is 1. The van der Waals surface area contributed by atoms with E-state index < -0.39 is 23.0 Å². The van der Waals surface area contributed by atoms with Gasteiger partial charge in [0, 0.05) is 26.3 Å². The predicted molar refractivity (Wildman–Crippen MR) is 80.5 cm³/mol. The van der Waals surface area contributed by atoms with Gasteiger partial charge in [0.25, 0.3) is 0 Å². The zero-order chi connectivity index (χ0) is 14.9. The minimum Gasteiger partial charge on any atom is -0.497 e. The van der Waals surface area contributed by atoms with Gasteiger partial charge in [0.2, 0.25) is 0 Å². The minimum atomic E-state index is -0.970. The van der Waals surface area contributed by atoms with Crippen LogP contribution in [-0.4, -0.2) is 12.9 Å². The maximum absolute atomic E-state index is 13.9. The molecule has 0 radical (unpaired) electrons. The van der Waals surface area contributed by atoms with Crippen LogP contribution in [0, 0.1) is 15.2 Å². The molecule has 0 unspecified atom stereocenters. The van der Waals surface area contributed by atoms with Crippen LogP contribution in [0.4, 0.5) is 8.78 Å². The Morgan fingerprint density at radius 1 is 1.20 bits per heavy atom. The molecule has 2 rings (SSSR count). The Morgan fingerprint density at radius 2 is 1.80 bits per heavy atom. The highest BCUT2D eigenvalue weighted by Crippen LogP contribution is 2.26. The van der Waals surface area contributed by atoms with Gasteiger partial charge in [-0.2, -0.15) is 0 Å². The molecule has 0 bridgehead atoms. The van der Waals surface area contributed by atoms with Gasteiger partial charge < -0.3 is 4.74 Å². The lowest BCUT2D eigenvalue weighted by atomic mass is 10.0. The quantitative estimate of drug-likeness (QED) is 0.554. The van der Waals surface area contributed by atoms with Crippen molar-refractivity contribution in [3.8, 4) is 5.75 Å². The number of ether oxygens (including phenoxy) is 1. The Bertz CT molecular complexity index is 666. The van der Waals surface area contributed by atoms with Gasteiger partial charge in [-0.1, -0.05) is 11.6 Å². The van der Waals surface area contributed by atoms with Gasteiger partial charge in [0.15, 0.2) is 5.78 Å². The third-order valence-electron chi connectivity index (χ3n) is 2.65. The van der Waals surface area contributed by atoms with Crippen LogP contribution in [-0.2, 0) is 0 Å². The number of methoxy groups -OCH3 is 1.